The molecule has 7 nitrogen and oxygen atoms in total. The summed E-state index contributed by atoms with van der Waals surface area (Å²) in [6.45, 7) is 3.73. The average Bonchev–Trinajstić information content (AvgIpc) is 2.51. The summed E-state index contributed by atoms with van der Waals surface area (Å²) in [5, 5.41) is 3.61. The van der Waals surface area contributed by atoms with E-state index in [1.165, 1.54) is 0 Å². The van der Waals surface area contributed by atoms with Crippen molar-refractivity contribution in [2.75, 3.05) is 19.6 Å². The molecule has 1 fully saturated rings. The first-order valence-electron chi connectivity index (χ1n) is 7.30. The van der Waals surface area contributed by atoms with Gasteiger partial charge in [0.15, 0.2) is 0 Å². The van der Waals surface area contributed by atoms with Gasteiger partial charge in [0.2, 0.25) is 5.91 Å². The lowest BCUT2D eigenvalue weighted by molar-refractivity contribution is -0.134. The molecule has 1 amide bonds. The molecule has 2 N–H and O–H groups in total. The molecule has 1 atom stereocenters. The van der Waals surface area contributed by atoms with Crippen molar-refractivity contribution in [3.63, 3.8) is 0 Å². The van der Waals surface area contributed by atoms with Gasteiger partial charge in [0, 0.05) is 25.7 Å². The van der Waals surface area contributed by atoms with E-state index in [0.29, 0.717) is 24.0 Å². The normalized spacial score (nSPS) is 17.8. The molecule has 0 saturated carbocycles. The predicted octanol–water partition coefficient (Wildman–Crippen LogP) is -0.0681. The molecule has 1 aliphatic rings. The van der Waals surface area contributed by atoms with E-state index >= 15 is 0 Å². The third-order valence-corrected chi connectivity index (χ3v) is 4.00. The van der Waals surface area contributed by atoms with Gasteiger partial charge in [-0.1, -0.05) is 12.1 Å². The Balaban J connectivity index is 0.00000192. The van der Waals surface area contributed by atoms with Crippen molar-refractivity contribution in [3.05, 3.63) is 45.1 Å². The van der Waals surface area contributed by atoms with Crippen LogP contribution in [0.1, 0.15) is 6.92 Å². The van der Waals surface area contributed by atoms with Crippen LogP contribution < -0.4 is 16.6 Å². The van der Waals surface area contributed by atoms with Crippen LogP contribution in [0, 0.1) is 0 Å². The molecule has 23 heavy (non-hydrogen) atoms. The molecule has 0 radical (unpaired) electrons. The van der Waals surface area contributed by atoms with Gasteiger partial charge in [-0.2, -0.15) is 0 Å². The first kappa shape index (κ1) is 17.2. The Bertz CT molecular complexity index is 829. The third kappa shape index (κ3) is 3.30. The molecular formula is C15H19ClN4O3. The Hall–Kier alpha value is -2.12. The smallest absolute Gasteiger partial charge is 0.329 e. The van der Waals surface area contributed by atoms with E-state index in [1.54, 1.807) is 29.2 Å². The lowest BCUT2D eigenvalue weighted by Crippen LogP contribution is -2.54. The first-order chi connectivity index (χ1) is 10.6. The van der Waals surface area contributed by atoms with Crippen molar-refractivity contribution in [2.24, 2.45) is 0 Å². The number of nitrogens with one attached hydrogen (secondary N) is 2. The van der Waals surface area contributed by atoms with E-state index in [1.807, 2.05) is 6.92 Å². The molecular weight excluding hydrogens is 320 g/mol. The number of rotatable bonds is 2. The van der Waals surface area contributed by atoms with E-state index in [9.17, 15) is 14.4 Å². The highest BCUT2D eigenvalue weighted by atomic mass is 35.5. The number of amides is 1. The summed E-state index contributed by atoms with van der Waals surface area (Å²) in [6.07, 6.45) is 0. The highest BCUT2D eigenvalue weighted by molar-refractivity contribution is 5.85. The van der Waals surface area contributed by atoms with Crippen molar-refractivity contribution in [3.8, 4) is 0 Å². The largest absolute Gasteiger partial charge is 0.336 e. The summed E-state index contributed by atoms with van der Waals surface area (Å²) in [6, 6.07) is 6.84. The van der Waals surface area contributed by atoms with Gasteiger partial charge in [-0.05, 0) is 19.1 Å². The van der Waals surface area contributed by atoms with Crippen LogP contribution >= 0.6 is 12.4 Å². The van der Waals surface area contributed by atoms with Gasteiger partial charge in [-0.25, -0.2) is 4.79 Å². The van der Waals surface area contributed by atoms with Crippen LogP contribution in [0.25, 0.3) is 10.9 Å². The molecule has 1 aliphatic heterocycles. The zero-order chi connectivity index (χ0) is 15.7. The number of para-hydroxylation sites is 1. The summed E-state index contributed by atoms with van der Waals surface area (Å²) < 4.78 is 0.972. The van der Waals surface area contributed by atoms with Gasteiger partial charge in [-0.15, -0.1) is 12.4 Å². The molecule has 1 aromatic heterocycles. The number of carbonyl (C=O) groups excluding carboxylic acids is 1. The summed E-state index contributed by atoms with van der Waals surface area (Å²) in [7, 11) is 0. The molecule has 0 bridgehead atoms. The minimum absolute atomic E-state index is 0. The number of H-pyrrole nitrogens is 1. The summed E-state index contributed by atoms with van der Waals surface area (Å²) in [5.74, 6) is -0.211. The number of hydrogen-bond acceptors (Lipinski definition) is 4. The topological polar surface area (TPSA) is 87.2 Å². The fourth-order valence-electron chi connectivity index (χ4n) is 2.78. The quantitative estimate of drug-likeness (QED) is 0.802. The SMILES string of the molecule is CC1CNCCN1C(=O)Cn1c(=O)[nH]c2ccccc2c1=O.Cl. The van der Waals surface area contributed by atoms with Crippen LogP contribution in [0.4, 0.5) is 0 Å². The zero-order valence-corrected chi connectivity index (χ0v) is 13.6. The molecule has 8 heteroatoms. The minimum atomic E-state index is -0.556. The monoisotopic (exact) mass is 338 g/mol. The van der Waals surface area contributed by atoms with Gasteiger partial charge < -0.3 is 15.2 Å². The van der Waals surface area contributed by atoms with Crippen molar-refractivity contribution >= 4 is 29.2 Å². The number of piperazine rings is 1. The Morgan fingerprint density at radius 3 is 2.78 bits per heavy atom. The van der Waals surface area contributed by atoms with E-state index < -0.39 is 11.2 Å². The van der Waals surface area contributed by atoms with Gasteiger partial charge in [0.05, 0.1) is 10.9 Å². The zero-order valence-electron chi connectivity index (χ0n) is 12.7. The van der Waals surface area contributed by atoms with Crippen LogP contribution in [-0.2, 0) is 11.3 Å². The number of carbonyl (C=O) groups is 1. The van der Waals surface area contributed by atoms with Gasteiger partial charge in [-0.3, -0.25) is 14.2 Å². The molecule has 0 spiro atoms. The van der Waals surface area contributed by atoms with Crippen LogP contribution in [0.3, 0.4) is 0 Å². The maximum atomic E-state index is 12.4. The number of hydrogen-bond donors (Lipinski definition) is 2. The fourth-order valence-corrected chi connectivity index (χ4v) is 2.78. The maximum Gasteiger partial charge on any atom is 0.329 e. The van der Waals surface area contributed by atoms with Crippen LogP contribution in [-0.4, -0.2) is 46.0 Å². The fraction of sp³-hybridized carbons (Fsp3) is 0.400. The minimum Gasteiger partial charge on any atom is -0.336 e. The predicted molar refractivity (Wildman–Crippen MR) is 90.1 cm³/mol. The highest BCUT2D eigenvalue weighted by Gasteiger charge is 2.24. The molecule has 0 aliphatic carbocycles. The van der Waals surface area contributed by atoms with Crippen molar-refractivity contribution in [1.82, 2.24) is 19.8 Å². The molecule has 2 aromatic rings. The number of aromatic nitrogens is 2. The molecule has 124 valence electrons. The Labute approximate surface area is 138 Å². The number of nitrogens with zero attached hydrogens (tertiary/aromatic N) is 2. The van der Waals surface area contributed by atoms with Gasteiger partial charge in [0.1, 0.15) is 6.54 Å². The third-order valence-electron chi connectivity index (χ3n) is 4.00. The molecule has 1 unspecified atom stereocenters. The second-order valence-electron chi connectivity index (χ2n) is 5.51. The second kappa shape index (κ2) is 6.97. The van der Waals surface area contributed by atoms with E-state index in [0.717, 1.165) is 11.1 Å². The second-order valence-corrected chi connectivity index (χ2v) is 5.51. The summed E-state index contributed by atoms with van der Waals surface area (Å²) >= 11 is 0. The van der Waals surface area contributed by atoms with Crippen LogP contribution in [0.2, 0.25) is 0 Å². The van der Waals surface area contributed by atoms with Crippen LogP contribution in [0.5, 0.6) is 0 Å². The average molecular weight is 339 g/mol. The van der Waals surface area contributed by atoms with E-state index in [4.69, 9.17) is 0 Å². The Morgan fingerprint density at radius 2 is 2.04 bits per heavy atom. The Kier molecular flexibility index (Phi) is 5.23. The standard InChI is InChI=1S/C15H18N4O3.ClH/c1-10-8-16-6-7-18(10)13(20)9-19-14(21)11-4-2-3-5-12(11)17-15(19)22;/h2-5,10,16H,6-9H2,1H3,(H,17,22);1H. The summed E-state index contributed by atoms with van der Waals surface area (Å²) in [5.41, 5.74) is -0.507. The van der Waals surface area contributed by atoms with E-state index in [-0.39, 0.29) is 30.9 Å². The molecule has 2 heterocycles. The van der Waals surface area contributed by atoms with Crippen LogP contribution in [0.15, 0.2) is 33.9 Å². The number of aromatic amines is 1. The lowest BCUT2D eigenvalue weighted by atomic mass is 10.2. The maximum absolute atomic E-state index is 12.4. The Morgan fingerprint density at radius 1 is 1.30 bits per heavy atom. The molecule has 1 saturated heterocycles. The van der Waals surface area contributed by atoms with E-state index in [2.05, 4.69) is 10.3 Å². The number of benzene rings is 1. The number of halogens is 1. The first-order valence-corrected chi connectivity index (χ1v) is 7.30. The van der Waals surface area contributed by atoms with Gasteiger partial charge >= 0.3 is 5.69 Å². The van der Waals surface area contributed by atoms with Gasteiger partial charge in [0.25, 0.3) is 5.56 Å². The lowest BCUT2D eigenvalue weighted by Gasteiger charge is -2.34. The molecule has 3 rings (SSSR count). The summed E-state index contributed by atoms with van der Waals surface area (Å²) in [4.78, 5) is 41.2. The number of fused-ring (bicyclic) bond motifs is 1. The van der Waals surface area contributed by atoms with Crippen molar-refractivity contribution in [1.29, 1.82) is 0 Å². The van der Waals surface area contributed by atoms with Crippen molar-refractivity contribution < 1.29 is 4.79 Å². The van der Waals surface area contributed by atoms with Crippen molar-refractivity contribution in [2.45, 2.75) is 19.5 Å². The highest BCUT2D eigenvalue weighted by Crippen LogP contribution is 2.05. The molecule has 1 aromatic carbocycles.